The molecule has 3 nitrogen and oxygen atoms in total. The Morgan fingerprint density at radius 1 is 1.53 bits per heavy atom. The van der Waals surface area contributed by atoms with E-state index in [2.05, 4.69) is 36.8 Å². The van der Waals surface area contributed by atoms with Crippen LogP contribution in [0.2, 0.25) is 0 Å². The maximum Gasteiger partial charge on any atom is 0.228 e. The van der Waals surface area contributed by atoms with Gasteiger partial charge in [0.05, 0.1) is 5.69 Å². The van der Waals surface area contributed by atoms with Crippen LogP contribution >= 0.6 is 31.9 Å². The molecular weight excluding hydrogens is 331 g/mol. The number of rotatable bonds is 1. The number of hydrogen-bond donors (Lipinski definition) is 0. The summed E-state index contributed by atoms with van der Waals surface area (Å²) in [6.07, 6.45) is 0.462. The molecule has 0 radical (unpaired) electrons. The third-order valence-electron chi connectivity index (χ3n) is 2.16. The molecule has 1 aliphatic rings. The fraction of sp³-hybridized carbons (Fsp3) is 0.333. The zero-order valence-corrected chi connectivity index (χ0v) is 10.8. The summed E-state index contributed by atoms with van der Waals surface area (Å²) in [5.74, 6) is -0.543. The Hall–Kier alpha value is -0.490. The number of aromatic nitrogens is 1. The quantitative estimate of drug-likeness (QED) is 0.582. The van der Waals surface area contributed by atoms with Gasteiger partial charge in [-0.05, 0) is 28.1 Å². The van der Waals surface area contributed by atoms with Gasteiger partial charge in [-0.25, -0.2) is 4.98 Å². The minimum absolute atomic E-state index is 0.0194. The van der Waals surface area contributed by atoms with Gasteiger partial charge in [-0.1, -0.05) is 15.9 Å². The lowest BCUT2D eigenvalue weighted by Crippen LogP contribution is -2.25. The molecule has 0 aliphatic carbocycles. The van der Waals surface area contributed by atoms with Gasteiger partial charge in [0.15, 0.2) is 0 Å². The van der Waals surface area contributed by atoms with Crippen LogP contribution in [0.25, 0.3) is 0 Å². The van der Waals surface area contributed by atoms with Crippen LogP contribution in [0.4, 0.5) is 10.1 Å². The molecular formula is C9H7Br2FN2O. The standard InChI is InChI=1S/C9H7Br2FN2O/c10-5-3-8(15)14(4-5)6-1-2-7(12)13-9(6)11/h1-2,5H,3-4H2. The number of alkyl halides is 1. The molecule has 0 bridgehead atoms. The highest BCUT2D eigenvalue weighted by Gasteiger charge is 2.30. The van der Waals surface area contributed by atoms with E-state index in [1.165, 1.54) is 6.07 Å². The van der Waals surface area contributed by atoms with Gasteiger partial charge in [0.25, 0.3) is 0 Å². The highest BCUT2D eigenvalue weighted by Crippen LogP contribution is 2.30. The number of carbonyl (C=O) groups is 1. The van der Waals surface area contributed by atoms with Gasteiger partial charge in [0.2, 0.25) is 11.9 Å². The monoisotopic (exact) mass is 336 g/mol. The van der Waals surface area contributed by atoms with Crippen molar-refractivity contribution < 1.29 is 9.18 Å². The first-order valence-electron chi connectivity index (χ1n) is 4.34. The Kier molecular flexibility index (Phi) is 3.06. The molecule has 2 rings (SSSR count). The summed E-state index contributed by atoms with van der Waals surface area (Å²) >= 11 is 6.53. The van der Waals surface area contributed by atoms with Crippen molar-refractivity contribution in [3.05, 3.63) is 22.7 Å². The Labute approximate surface area is 103 Å². The maximum atomic E-state index is 12.8. The first-order valence-corrected chi connectivity index (χ1v) is 6.05. The van der Waals surface area contributed by atoms with Crippen molar-refractivity contribution in [2.45, 2.75) is 11.2 Å². The SMILES string of the molecule is O=C1CC(Br)CN1c1ccc(F)nc1Br. The number of carbonyl (C=O) groups excluding carboxylic acids is 1. The van der Waals surface area contributed by atoms with Gasteiger partial charge in [-0.15, -0.1) is 0 Å². The molecule has 0 spiro atoms. The lowest BCUT2D eigenvalue weighted by molar-refractivity contribution is -0.117. The molecule has 1 amide bonds. The molecule has 1 saturated heterocycles. The summed E-state index contributed by atoms with van der Waals surface area (Å²) in [5, 5.41) is 0. The van der Waals surface area contributed by atoms with Crippen LogP contribution in [0.3, 0.4) is 0 Å². The predicted octanol–water partition coefficient (Wildman–Crippen LogP) is 2.48. The molecule has 1 unspecified atom stereocenters. The summed E-state index contributed by atoms with van der Waals surface area (Å²) < 4.78 is 13.1. The zero-order valence-electron chi connectivity index (χ0n) is 7.58. The molecule has 1 fully saturated rings. The Morgan fingerprint density at radius 3 is 2.80 bits per heavy atom. The fourth-order valence-electron chi connectivity index (χ4n) is 1.50. The van der Waals surface area contributed by atoms with Crippen LogP contribution < -0.4 is 4.90 Å². The minimum Gasteiger partial charge on any atom is -0.309 e. The number of pyridine rings is 1. The van der Waals surface area contributed by atoms with Crippen LogP contribution in [-0.4, -0.2) is 22.3 Å². The molecule has 1 aliphatic heterocycles. The number of amides is 1. The van der Waals surface area contributed by atoms with E-state index in [-0.39, 0.29) is 10.7 Å². The molecule has 1 aromatic rings. The molecule has 0 N–H and O–H groups in total. The molecule has 0 saturated carbocycles. The van der Waals surface area contributed by atoms with Crippen LogP contribution in [0.1, 0.15) is 6.42 Å². The molecule has 1 aromatic heterocycles. The third-order valence-corrected chi connectivity index (χ3v) is 3.36. The van der Waals surface area contributed by atoms with Crippen molar-refractivity contribution in [1.82, 2.24) is 4.98 Å². The van der Waals surface area contributed by atoms with Gasteiger partial charge in [-0.3, -0.25) is 4.79 Å². The van der Waals surface area contributed by atoms with Crippen molar-refractivity contribution in [2.75, 3.05) is 11.4 Å². The minimum atomic E-state index is -0.562. The highest BCUT2D eigenvalue weighted by molar-refractivity contribution is 9.10. The van der Waals surface area contributed by atoms with Crippen molar-refractivity contribution >= 4 is 43.5 Å². The molecule has 15 heavy (non-hydrogen) atoms. The molecule has 0 aromatic carbocycles. The normalized spacial score (nSPS) is 21.1. The van der Waals surface area contributed by atoms with Crippen molar-refractivity contribution in [1.29, 1.82) is 0 Å². The van der Waals surface area contributed by atoms with Crippen LogP contribution in [0.5, 0.6) is 0 Å². The van der Waals surface area contributed by atoms with Gasteiger partial charge >= 0.3 is 0 Å². The Morgan fingerprint density at radius 2 is 2.27 bits per heavy atom. The van der Waals surface area contributed by atoms with Crippen molar-refractivity contribution in [3.8, 4) is 0 Å². The third kappa shape index (κ3) is 2.20. The van der Waals surface area contributed by atoms with Crippen LogP contribution in [0.15, 0.2) is 16.7 Å². The summed E-state index contributed by atoms with van der Waals surface area (Å²) in [5.41, 5.74) is 0.614. The highest BCUT2D eigenvalue weighted by atomic mass is 79.9. The van der Waals surface area contributed by atoms with Crippen LogP contribution in [0, 0.1) is 5.95 Å². The second-order valence-corrected chi connectivity index (χ2v) is 5.30. The number of nitrogens with zero attached hydrogens (tertiary/aromatic N) is 2. The van der Waals surface area contributed by atoms with Crippen molar-refractivity contribution in [3.63, 3.8) is 0 Å². The van der Waals surface area contributed by atoms with Crippen LogP contribution in [-0.2, 0) is 4.79 Å². The summed E-state index contributed by atoms with van der Waals surface area (Å²) in [6, 6.07) is 2.80. The van der Waals surface area contributed by atoms with Crippen molar-refractivity contribution in [2.24, 2.45) is 0 Å². The van der Waals surface area contributed by atoms with E-state index in [4.69, 9.17) is 0 Å². The molecule has 80 valence electrons. The zero-order chi connectivity index (χ0) is 11.0. The molecule has 6 heteroatoms. The lowest BCUT2D eigenvalue weighted by Gasteiger charge is -2.16. The van der Waals surface area contributed by atoms with E-state index >= 15 is 0 Å². The van der Waals surface area contributed by atoms with Gasteiger partial charge in [0.1, 0.15) is 4.60 Å². The van der Waals surface area contributed by atoms with E-state index in [9.17, 15) is 9.18 Å². The summed E-state index contributed by atoms with van der Waals surface area (Å²) in [6.45, 7) is 0.588. The average Bonchev–Trinajstić information content (AvgIpc) is 2.45. The smallest absolute Gasteiger partial charge is 0.228 e. The predicted molar refractivity (Wildman–Crippen MR) is 61.6 cm³/mol. The van der Waals surface area contributed by atoms with Gasteiger partial charge in [0, 0.05) is 17.8 Å². The van der Waals surface area contributed by atoms with Gasteiger partial charge in [-0.2, -0.15) is 4.39 Å². The average molecular weight is 338 g/mol. The summed E-state index contributed by atoms with van der Waals surface area (Å²) in [4.78, 5) is 16.9. The van der Waals surface area contributed by atoms with E-state index in [1.54, 1.807) is 11.0 Å². The topological polar surface area (TPSA) is 33.2 Å². The lowest BCUT2D eigenvalue weighted by atomic mass is 10.4. The first-order chi connectivity index (χ1) is 7.08. The van der Waals surface area contributed by atoms with E-state index < -0.39 is 5.95 Å². The molecule has 1 atom stereocenters. The Bertz CT molecular complexity index is 413. The largest absolute Gasteiger partial charge is 0.309 e. The first kappa shape index (κ1) is 11.0. The molecule has 2 heterocycles. The maximum absolute atomic E-state index is 12.8. The van der Waals surface area contributed by atoms with E-state index in [0.29, 0.717) is 23.3 Å². The van der Waals surface area contributed by atoms with E-state index in [1.807, 2.05) is 0 Å². The second-order valence-electron chi connectivity index (χ2n) is 3.25. The second kappa shape index (κ2) is 4.17. The Balaban J connectivity index is 2.34. The van der Waals surface area contributed by atoms with E-state index in [0.717, 1.165) is 0 Å². The number of hydrogen-bond acceptors (Lipinski definition) is 2. The summed E-state index contributed by atoms with van der Waals surface area (Å²) in [7, 11) is 0. The number of anilines is 1. The van der Waals surface area contributed by atoms with Gasteiger partial charge < -0.3 is 4.90 Å². The fourth-order valence-corrected chi connectivity index (χ4v) is 2.59. The number of halogens is 3.